The third-order valence-electron chi connectivity index (χ3n) is 4.61. The maximum absolute atomic E-state index is 6.55. The van der Waals surface area contributed by atoms with Crippen LogP contribution in [0.4, 0.5) is 0 Å². The van der Waals surface area contributed by atoms with Gasteiger partial charge in [-0.3, -0.25) is 0 Å². The number of hydrogen-bond donors (Lipinski definition) is 0. The molecule has 29 heavy (non-hydrogen) atoms. The zero-order chi connectivity index (χ0) is 21.2. The predicted molar refractivity (Wildman–Crippen MR) is 128 cm³/mol. The molecule has 142 valence electrons. The average molecular weight is 916 g/mol. The molecule has 0 unspecified atom stereocenters. The van der Waals surface area contributed by atoms with Crippen molar-refractivity contribution >= 4 is 175 Å². The first-order chi connectivity index (χ1) is 13.6. The molecule has 1 aliphatic heterocycles. The summed E-state index contributed by atoms with van der Waals surface area (Å²) in [6.07, 6.45) is 0. The van der Waals surface area contributed by atoms with E-state index in [0.717, 1.165) is 63.9 Å². The van der Waals surface area contributed by atoms with Crippen molar-refractivity contribution in [2.24, 2.45) is 0 Å². The topological polar surface area (TPSA) is 9.23 Å². The van der Waals surface area contributed by atoms with Gasteiger partial charge in [-0.2, -0.15) is 0 Å². The molecule has 8 radical (unpaired) electrons. The molecular formula is C19H5ClOSe8. The first kappa shape index (κ1) is 24.0. The Hall–Kier alpha value is 1.91. The Morgan fingerprint density at radius 2 is 0.931 bits per heavy atom. The molecule has 0 saturated carbocycles. The van der Waals surface area contributed by atoms with Crippen LogP contribution in [0, 0.1) is 0 Å². The molecule has 0 atom stereocenters. The number of rotatable bonds is 1. The van der Waals surface area contributed by atoms with Gasteiger partial charge in [0.05, 0.1) is 0 Å². The Bertz CT molecular complexity index is 1110. The van der Waals surface area contributed by atoms with E-state index in [1.54, 1.807) is 0 Å². The Kier molecular flexibility index (Phi) is 7.69. The van der Waals surface area contributed by atoms with E-state index in [2.05, 4.69) is 140 Å². The molecule has 4 rings (SSSR count). The number of ether oxygens (including phenoxy) is 1. The standard InChI is InChI=1S/C19H5ClOSe8/c20-6-3-1-5(2-4-6)7-8-10(14(24)18(28)16(26)12(8)22)21-11-9(7)13(23)17(27)19(29)15(11)25/h1-4,7H. The van der Waals surface area contributed by atoms with Crippen LogP contribution < -0.4 is 40.4 Å². The second kappa shape index (κ2) is 9.27. The van der Waals surface area contributed by atoms with Crippen LogP contribution in [0.2, 0.25) is 5.02 Å². The quantitative estimate of drug-likeness (QED) is 0.177. The van der Waals surface area contributed by atoms with Crippen molar-refractivity contribution in [3.63, 3.8) is 0 Å². The molecule has 0 spiro atoms. The van der Waals surface area contributed by atoms with Crippen molar-refractivity contribution in [2.75, 3.05) is 0 Å². The summed E-state index contributed by atoms with van der Waals surface area (Å²) in [5.41, 5.74) is 3.35. The molecule has 1 nitrogen and oxygen atoms in total. The monoisotopic (exact) mass is 923 g/mol. The SMILES string of the molecule is Clc1ccc(C2c3c([Se])c([Se])c([Se])c([Se])c3Oc3c([Se])c([Se])c([Se])c([Se])c32)cc1. The molecule has 0 saturated heterocycles. The second-order valence-electron chi connectivity index (χ2n) is 6.21. The van der Waals surface area contributed by atoms with Gasteiger partial charge in [0, 0.05) is 0 Å². The first-order valence-corrected chi connectivity index (χ1v) is 15.1. The Labute approximate surface area is 240 Å². The van der Waals surface area contributed by atoms with Gasteiger partial charge in [-0.15, -0.1) is 0 Å². The van der Waals surface area contributed by atoms with E-state index in [9.17, 15) is 0 Å². The van der Waals surface area contributed by atoms with E-state index in [1.165, 1.54) is 0 Å². The molecule has 0 aromatic heterocycles. The van der Waals surface area contributed by atoms with Gasteiger partial charge in [-0.25, -0.2) is 0 Å². The molecule has 10 heteroatoms. The maximum atomic E-state index is 6.55. The van der Waals surface area contributed by atoms with Crippen LogP contribution in [0.3, 0.4) is 0 Å². The molecule has 0 fully saturated rings. The van der Waals surface area contributed by atoms with Gasteiger partial charge in [0.1, 0.15) is 0 Å². The van der Waals surface area contributed by atoms with Crippen molar-refractivity contribution in [3.8, 4) is 11.5 Å². The fourth-order valence-electron chi connectivity index (χ4n) is 3.28. The van der Waals surface area contributed by atoms with Gasteiger partial charge in [0.2, 0.25) is 0 Å². The molecule has 1 aliphatic rings. The summed E-state index contributed by atoms with van der Waals surface area (Å²) in [7, 11) is 0. The Morgan fingerprint density at radius 3 is 1.34 bits per heavy atom. The average Bonchev–Trinajstić information content (AvgIpc) is 2.72. The van der Waals surface area contributed by atoms with E-state index in [4.69, 9.17) is 16.3 Å². The van der Waals surface area contributed by atoms with Crippen molar-refractivity contribution in [1.82, 2.24) is 0 Å². The summed E-state index contributed by atoms with van der Waals surface area (Å²) in [4.78, 5) is 0. The van der Waals surface area contributed by atoms with Crippen molar-refractivity contribution < 1.29 is 4.74 Å². The van der Waals surface area contributed by atoms with Gasteiger partial charge in [-0.1, -0.05) is 0 Å². The van der Waals surface area contributed by atoms with Gasteiger partial charge < -0.3 is 0 Å². The molecule has 3 aromatic carbocycles. The van der Waals surface area contributed by atoms with E-state index in [1.807, 2.05) is 12.1 Å². The molecule has 0 bridgehead atoms. The van der Waals surface area contributed by atoms with Crippen molar-refractivity contribution in [1.29, 1.82) is 0 Å². The zero-order valence-corrected chi connectivity index (χ0v) is 28.4. The summed E-state index contributed by atoms with van der Waals surface area (Å²) in [6, 6.07) is 8.03. The van der Waals surface area contributed by atoms with Crippen molar-refractivity contribution in [2.45, 2.75) is 5.92 Å². The zero-order valence-electron chi connectivity index (χ0n) is 13.9. The van der Waals surface area contributed by atoms with E-state index >= 15 is 0 Å². The molecular weight excluding hydrogens is 911 g/mol. The third kappa shape index (κ3) is 4.04. The number of halogens is 1. The number of benzene rings is 3. The molecule has 0 aliphatic carbocycles. The molecule has 3 aromatic rings. The first-order valence-electron chi connectivity index (χ1n) is 7.92. The van der Waals surface area contributed by atoms with Gasteiger partial charge >= 0.3 is 244 Å². The number of hydrogen-bond acceptors (Lipinski definition) is 1. The fraction of sp³-hybridized carbons (Fsp3) is 0.0526. The van der Waals surface area contributed by atoms with E-state index in [0.29, 0.717) is 5.02 Å². The van der Waals surface area contributed by atoms with Crippen LogP contribution in [0.1, 0.15) is 22.6 Å². The van der Waals surface area contributed by atoms with Gasteiger partial charge in [0.25, 0.3) is 0 Å². The van der Waals surface area contributed by atoms with Crippen molar-refractivity contribution in [3.05, 3.63) is 46.0 Å². The van der Waals surface area contributed by atoms with Crippen LogP contribution in [-0.4, -0.2) is 128 Å². The van der Waals surface area contributed by atoms with Crippen LogP contribution in [0.25, 0.3) is 0 Å². The summed E-state index contributed by atoms with van der Waals surface area (Å²) in [5.74, 6) is 1.64. The van der Waals surface area contributed by atoms with E-state index < -0.39 is 0 Å². The molecule has 0 N–H and O–H groups in total. The summed E-state index contributed by atoms with van der Waals surface area (Å²) in [6.45, 7) is 0. The minimum absolute atomic E-state index is 0.0295. The summed E-state index contributed by atoms with van der Waals surface area (Å²) in [5, 5.41) is 0.716. The summed E-state index contributed by atoms with van der Waals surface area (Å²) >= 11 is 31.8. The summed E-state index contributed by atoms with van der Waals surface area (Å²) < 4.78 is 14.7. The van der Waals surface area contributed by atoms with Crippen LogP contribution in [0.5, 0.6) is 11.5 Å². The Balaban J connectivity index is 2.16. The predicted octanol–water partition coefficient (Wildman–Crippen LogP) is -4.02. The van der Waals surface area contributed by atoms with Crippen LogP contribution >= 0.6 is 11.6 Å². The van der Waals surface area contributed by atoms with Crippen LogP contribution in [-0.2, 0) is 0 Å². The van der Waals surface area contributed by atoms with Crippen LogP contribution in [0.15, 0.2) is 24.3 Å². The van der Waals surface area contributed by atoms with Gasteiger partial charge in [0.15, 0.2) is 0 Å². The molecule has 1 heterocycles. The minimum atomic E-state index is -0.0295. The number of fused-ring (bicyclic) bond motifs is 2. The normalized spacial score (nSPS) is 12.9. The fourth-order valence-corrected chi connectivity index (χ4v) is 8.80. The van der Waals surface area contributed by atoms with Gasteiger partial charge in [-0.05, 0) is 0 Å². The molecule has 0 amide bonds. The Morgan fingerprint density at radius 1 is 0.552 bits per heavy atom. The second-order valence-corrected chi connectivity index (χ2v) is 13.5. The third-order valence-corrected chi connectivity index (χ3v) is 15.6. The van der Waals surface area contributed by atoms with E-state index in [-0.39, 0.29) is 5.92 Å².